The molecular weight excluding hydrogens is 438 g/mol. The largest absolute Gasteiger partial charge is 0.444 e. The number of hydrogen-bond donors (Lipinski definition) is 3. The minimum atomic E-state index is -1.19. The van der Waals surface area contributed by atoms with Crippen molar-refractivity contribution in [2.45, 2.75) is 58.1 Å². The number of hydrogen-bond acceptors (Lipinski definition) is 6. The van der Waals surface area contributed by atoms with Crippen molar-refractivity contribution in [3.63, 3.8) is 0 Å². The molecule has 3 rings (SSSR count). The van der Waals surface area contributed by atoms with Crippen LogP contribution < -0.4 is 16.1 Å². The Balaban J connectivity index is 1.47. The molecule has 186 valence electrons. The highest BCUT2D eigenvalue weighted by molar-refractivity contribution is 6.08. The summed E-state index contributed by atoms with van der Waals surface area (Å²) in [6.45, 7) is 9.23. The summed E-state index contributed by atoms with van der Waals surface area (Å²) < 4.78 is 5.26. The first kappa shape index (κ1) is 25.5. The number of nitrogens with zero attached hydrogens (tertiary/aromatic N) is 2. The number of carbonyl (C=O) groups is 4. The van der Waals surface area contributed by atoms with Gasteiger partial charge in [0.1, 0.15) is 11.1 Å². The van der Waals surface area contributed by atoms with Gasteiger partial charge in [0.2, 0.25) is 0 Å². The van der Waals surface area contributed by atoms with Crippen LogP contribution in [0.15, 0.2) is 30.3 Å². The normalized spacial score (nSPS) is 21.8. The lowest BCUT2D eigenvalue weighted by Gasteiger charge is -2.32. The van der Waals surface area contributed by atoms with Gasteiger partial charge in [0.25, 0.3) is 11.8 Å². The molecule has 3 N–H and O–H groups in total. The first-order chi connectivity index (χ1) is 16.0. The quantitative estimate of drug-likeness (QED) is 0.522. The van der Waals surface area contributed by atoms with Crippen LogP contribution in [0.25, 0.3) is 0 Å². The van der Waals surface area contributed by atoms with Crippen LogP contribution in [-0.4, -0.2) is 65.6 Å². The smallest absolute Gasteiger partial charge is 0.407 e. The SMILES string of the molecule is CCC1(c2ccccc2)NC(=O)N(NC(=O)CN2CCC(CNC(=O)OC(C)(C)C)CC2)C1=O. The molecule has 0 spiro atoms. The van der Waals surface area contributed by atoms with Crippen molar-refractivity contribution < 1.29 is 23.9 Å². The van der Waals surface area contributed by atoms with Crippen molar-refractivity contribution in [3.8, 4) is 0 Å². The molecule has 0 aromatic heterocycles. The topological polar surface area (TPSA) is 120 Å². The van der Waals surface area contributed by atoms with Crippen LogP contribution in [0.1, 0.15) is 52.5 Å². The number of nitrogens with one attached hydrogen (secondary N) is 3. The Morgan fingerprint density at radius 2 is 1.79 bits per heavy atom. The maximum absolute atomic E-state index is 13.1. The van der Waals surface area contributed by atoms with Crippen molar-refractivity contribution in [2.24, 2.45) is 5.92 Å². The molecule has 1 unspecified atom stereocenters. The molecule has 10 heteroatoms. The number of rotatable bonds is 7. The number of urea groups is 1. The van der Waals surface area contributed by atoms with Gasteiger partial charge >= 0.3 is 12.1 Å². The zero-order chi connectivity index (χ0) is 24.9. The number of carbonyl (C=O) groups excluding carboxylic acids is 4. The predicted molar refractivity (Wildman–Crippen MR) is 125 cm³/mol. The van der Waals surface area contributed by atoms with Gasteiger partial charge in [0.05, 0.1) is 6.54 Å². The lowest BCUT2D eigenvalue weighted by molar-refractivity contribution is -0.140. The van der Waals surface area contributed by atoms with Crippen molar-refractivity contribution in [3.05, 3.63) is 35.9 Å². The van der Waals surface area contributed by atoms with E-state index in [0.29, 0.717) is 37.5 Å². The van der Waals surface area contributed by atoms with E-state index in [2.05, 4.69) is 16.1 Å². The molecule has 0 saturated carbocycles. The fraction of sp³-hybridized carbons (Fsp3) is 0.583. The van der Waals surface area contributed by atoms with E-state index in [9.17, 15) is 19.2 Å². The zero-order valence-electron chi connectivity index (χ0n) is 20.3. The summed E-state index contributed by atoms with van der Waals surface area (Å²) in [6, 6.07) is 8.38. The highest BCUT2D eigenvalue weighted by atomic mass is 16.6. The summed E-state index contributed by atoms with van der Waals surface area (Å²) in [4.78, 5) is 52.1. The molecule has 2 saturated heterocycles. The maximum Gasteiger partial charge on any atom is 0.407 e. The first-order valence-corrected chi connectivity index (χ1v) is 11.7. The molecule has 5 amide bonds. The predicted octanol–water partition coefficient (Wildman–Crippen LogP) is 2.11. The second-order valence-corrected chi connectivity index (χ2v) is 9.83. The fourth-order valence-corrected chi connectivity index (χ4v) is 4.29. The molecule has 10 nitrogen and oxygen atoms in total. The van der Waals surface area contributed by atoms with E-state index < -0.39 is 35.1 Å². The number of hydrazine groups is 1. The Bertz CT molecular complexity index is 908. The third kappa shape index (κ3) is 6.05. The van der Waals surface area contributed by atoms with Crippen LogP contribution in [-0.2, 0) is 19.9 Å². The number of benzene rings is 1. The minimum Gasteiger partial charge on any atom is -0.444 e. The van der Waals surface area contributed by atoms with Gasteiger partial charge in [0.15, 0.2) is 0 Å². The number of imide groups is 1. The van der Waals surface area contributed by atoms with Crippen molar-refractivity contribution >= 4 is 23.9 Å². The first-order valence-electron chi connectivity index (χ1n) is 11.7. The Morgan fingerprint density at radius 3 is 2.38 bits per heavy atom. The molecule has 1 atom stereocenters. The molecule has 1 aromatic rings. The van der Waals surface area contributed by atoms with E-state index in [1.807, 2.05) is 38.7 Å². The van der Waals surface area contributed by atoms with E-state index in [-0.39, 0.29) is 6.54 Å². The van der Waals surface area contributed by atoms with Crippen LogP contribution >= 0.6 is 0 Å². The average Bonchev–Trinajstić information content (AvgIpc) is 3.03. The van der Waals surface area contributed by atoms with Crippen molar-refractivity contribution in [1.82, 2.24) is 26.0 Å². The van der Waals surface area contributed by atoms with Crippen molar-refractivity contribution in [1.29, 1.82) is 0 Å². The molecule has 0 bridgehead atoms. The maximum atomic E-state index is 13.1. The lowest BCUT2D eigenvalue weighted by atomic mass is 9.87. The monoisotopic (exact) mass is 473 g/mol. The molecular formula is C24H35N5O5. The van der Waals surface area contributed by atoms with Gasteiger partial charge in [-0.25, -0.2) is 9.59 Å². The van der Waals surface area contributed by atoms with Gasteiger partial charge in [-0.2, -0.15) is 5.01 Å². The van der Waals surface area contributed by atoms with E-state index in [4.69, 9.17) is 4.74 Å². The van der Waals surface area contributed by atoms with Crippen LogP contribution in [0.5, 0.6) is 0 Å². The standard InChI is InChI=1S/C24H35N5O5/c1-5-24(18-9-7-6-8-10-18)20(31)29(21(32)26-24)27-19(30)16-28-13-11-17(12-14-28)15-25-22(33)34-23(2,3)4/h6-10,17H,5,11-16H2,1-4H3,(H,25,33)(H,26,32)(H,27,30). The molecule has 2 heterocycles. The van der Waals surface area contributed by atoms with Gasteiger partial charge < -0.3 is 15.4 Å². The minimum absolute atomic E-state index is 0.0771. The second kappa shape index (κ2) is 10.4. The summed E-state index contributed by atoms with van der Waals surface area (Å²) in [6.07, 6.45) is 1.57. The van der Waals surface area contributed by atoms with Crippen LogP contribution in [0.3, 0.4) is 0 Å². The highest BCUT2D eigenvalue weighted by Gasteiger charge is 2.52. The number of amides is 5. The highest BCUT2D eigenvalue weighted by Crippen LogP contribution is 2.31. The summed E-state index contributed by atoms with van der Waals surface area (Å²) in [5, 5.41) is 6.34. The Labute approximate surface area is 200 Å². The lowest BCUT2D eigenvalue weighted by Crippen LogP contribution is -2.52. The summed E-state index contributed by atoms with van der Waals surface area (Å²) >= 11 is 0. The van der Waals surface area contributed by atoms with Crippen molar-refractivity contribution in [2.75, 3.05) is 26.2 Å². The Hall–Kier alpha value is -3.14. The molecule has 0 aliphatic carbocycles. The molecule has 0 radical (unpaired) electrons. The van der Waals surface area contributed by atoms with Gasteiger partial charge in [-0.05, 0) is 64.6 Å². The zero-order valence-corrected chi connectivity index (χ0v) is 20.3. The van der Waals surface area contributed by atoms with E-state index in [1.165, 1.54) is 0 Å². The van der Waals surface area contributed by atoms with Gasteiger partial charge in [0, 0.05) is 6.54 Å². The van der Waals surface area contributed by atoms with E-state index >= 15 is 0 Å². The summed E-state index contributed by atoms with van der Waals surface area (Å²) in [5.41, 5.74) is 1.43. The molecule has 2 aliphatic rings. The van der Waals surface area contributed by atoms with Gasteiger partial charge in [-0.3, -0.25) is 19.9 Å². The van der Waals surface area contributed by atoms with Crippen LogP contribution in [0.4, 0.5) is 9.59 Å². The number of ether oxygens (including phenoxy) is 1. The van der Waals surface area contributed by atoms with Gasteiger partial charge in [-0.15, -0.1) is 0 Å². The summed E-state index contributed by atoms with van der Waals surface area (Å²) in [7, 11) is 0. The van der Waals surface area contributed by atoms with Crippen LogP contribution in [0.2, 0.25) is 0 Å². The van der Waals surface area contributed by atoms with E-state index in [1.54, 1.807) is 24.3 Å². The molecule has 2 aliphatic heterocycles. The number of likely N-dealkylation sites (tertiary alicyclic amines) is 1. The van der Waals surface area contributed by atoms with E-state index in [0.717, 1.165) is 17.9 Å². The number of piperidine rings is 1. The third-order valence-electron chi connectivity index (χ3n) is 6.13. The molecule has 34 heavy (non-hydrogen) atoms. The molecule has 2 fully saturated rings. The average molecular weight is 474 g/mol. The Morgan fingerprint density at radius 1 is 1.15 bits per heavy atom. The Kier molecular flexibility index (Phi) is 7.81. The fourth-order valence-electron chi connectivity index (χ4n) is 4.29. The second-order valence-electron chi connectivity index (χ2n) is 9.83. The third-order valence-corrected chi connectivity index (χ3v) is 6.13. The van der Waals surface area contributed by atoms with Crippen LogP contribution in [0, 0.1) is 5.92 Å². The molecule has 1 aromatic carbocycles. The summed E-state index contributed by atoms with van der Waals surface area (Å²) in [5.74, 6) is -0.617. The number of alkyl carbamates (subject to hydrolysis) is 1. The van der Waals surface area contributed by atoms with Gasteiger partial charge in [-0.1, -0.05) is 37.3 Å².